The van der Waals surface area contributed by atoms with Crippen LogP contribution in [0.15, 0.2) is 65.8 Å². The second kappa shape index (κ2) is 6.85. The summed E-state index contributed by atoms with van der Waals surface area (Å²) in [6.07, 6.45) is 2.94. The Hall–Kier alpha value is -3.46. The molecule has 0 aliphatic carbocycles. The van der Waals surface area contributed by atoms with Gasteiger partial charge in [0.25, 0.3) is 10.0 Å². The van der Waals surface area contributed by atoms with E-state index in [1.54, 1.807) is 35.3 Å². The SMILES string of the molecule is Cc1c(CC(=O)O)c2cc(F)ccc2n1S(=O)(=O)c1ccc(-n2cccn2)cc1. The van der Waals surface area contributed by atoms with Crippen LogP contribution in [0, 0.1) is 12.7 Å². The van der Waals surface area contributed by atoms with Crippen LogP contribution in [0.5, 0.6) is 0 Å². The van der Waals surface area contributed by atoms with Crippen LogP contribution >= 0.6 is 0 Å². The zero-order valence-corrected chi connectivity index (χ0v) is 16.1. The molecular formula is C20H16FN3O4S. The summed E-state index contributed by atoms with van der Waals surface area (Å²) < 4.78 is 43.1. The number of nitrogens with zero attached hydrogens (tertiary/aromatic N) is 3. The van der Waals surface area contributed by atoms with Crippen LogP contribution in [0.4, 0.5) is 4.39 Å². The second-order valence-corrected chi connectivity index (χ2v) is 8.30. The number of benzene rings is 2. The van der Waals surface area contributed by atoms with E-state index < -0.39 is 28.2 Å². The topological polar surface area (TPSA) is 94.2 Å². The van der Waals surface area contributed by atoms with Gasteiger partial charge in [-0.1, -0.05) is 0 Å². The molecule has 4 rings (SSSR count). The van der Waals surface area contributed by atoms with Crippen LogP contribution in [-0.2, 0) is 21.2 Å². The number of fused-ring (bicyclic) bond motifs is 1. The van der Waals surface area contributed by atoms with Gasteiger partial charge in [-0.15, -0.1) is 0 Å². The largest absolute Gasteiger partial charge is 0.481 e. The minimum atomic E-state index is -4.04. The zero-order valence-electron chi connectivity index (χ0n) is 15.3. The number of carboxylic acids is 1. The van der Waals surface area contributed by atoms with Crippen LogP contribution < -0.4 is 0 Å². The fourth-order valence-corrected chi connectivity index (χ4v) is 4.99. The van der Waals surface area contributed by atoms with E-state index in [4.69, 9.17) is 0 Å². The highest BCUT2D eigenvalue weighted by Crippen LogP contribution is 2.31. The number of halogens is 1. The standard InChI is InChI=1S/C20H16FN3O4S/c1-13-17(12-20(25)26)18-11-14(21)3-8-19(18)24(13)29(27,28)16-6-4-15(5-7-16)23-10-2-9-22-23/h2-11H,12H2,1H3,(H,25,26). The maximum Gasteiger partial charge on any atom is 0.307 e. The molecular weight excluding hydrogens is 397 g/mol. The Labute approximate surface area is 165 Å². The first-order valence-corrected chi connectivity index (χ1v) is 10.1. The number of hydrogen-bond acceptors (Lipinski definition) is 4. The lowest BCUT2D eigenvalue weighted by Gasteiger charge is -2.11. The molecule has 4 aromatic rings. The first-order valence-electron chi connectivity index (χ1n) is 8.66. The summed E-state index contributed by atoms with van der Waals surface area (Å²) in [5, 5.41) is 13.6. The van der Waals surface area contributed by atoms with E-state index in [9.17, 15) is 22.7 Å². The van der Waals surface area contributed by atoms with Crippen LogP contribution in [-0.4, -0.2) is 33.2 Å². The van der Waals surface area contributed by atoms with Gasteiger partial charge in [-0.3, -0.25) is 4.79 Å². The summed E-state index contributed by atoms with van der Waals surface area (Å²) >= 11 is 0. The fraction of sp³-hybridized carbons (Fsp3) is 0.100. The zero-order chi connectivity index (χ0) is 20.8. The summed E-state index contributed by atoms with van der Waals surface area (Å²) in [6, 6.07) is 11.6. The molecule has 148 valence electrons. The highest BCUT2D eigenvalue weighted by Gasteiger charge is 2.26. The quantitative estimate of drug-likeness (QED) is 0.542. The van der Waals surface area contributed by atoms with Crippen LogP contribution in [0.3, 0.4) is 0 Å². The summed E-state index contributed by atoms with van der Waals surface area (Å²) in [4.78, 5) is 11.3. The minimum absolute atomic E-state index is 0.0274. The van der Waals surface area contributed by atoms with E-state index in [2.05, 4.69) is 5.10 Å². The Bertz CT molecular complexity index is 1320. The van der Waals surface area contributed by atoms with Gasteiger partial charge in [-0.05, 0) is 61.0 Å². The van der Waals surface area contributed by atoms with Crippen molar-refractivity contribution in [3.05, 3.63) is 78.0 Å². The number of rotatable bonds is 5. The molecule has 2 aromatic carbocycles. The highest BCUT2D eigenvalue weighted by atomic mass is 32.2. The Balaban J connectivity index is 1.89. The molecule has 2 heterocycles. The average Bonchev–Trinajstić information content (AvgIpc) is 3.30. The first-order chi connectivity index (χ1) is 13.8. The lowest BCUT2D eigenvalue weighted by Crippen LogP contribution is -2.15. The maximum atomic E-state index is 13.8. The van der Waals surface area contributed by atoms with Gasteiger partial charge in [0.1, 0.15) is 5.82 Å². The van der Waals surface area contributed by atoms with Crippen molar-refractivity contribution < 1.29 is 22.7 Å². The molecule has 1 N–H and O–H groups in total. The van der Waals surface area contributed by atoms with Crippen molar-refractivity contribution in [1.29, 1.82) is 0 Å². The summed E-state index contributed by atoms with van der Waals surface area (Å²) in [6.45, 7) is 1.52. The van der Waals surface area contributed by atoms with Gasteiger partial charge in [-0.25, -0.2) is 21.5 Å². The van der Waals surface area contributed by atoms with Gasteiger partial charge in [0.2, 0.25) is 0 Å². The van der Waals surface area contributed by atoms with Crippen LogP contribution in [0.2, 0.25) is 0 Å². The predicted molar refractivity (Wildman–Crippen MR) is 104 cm³/mol. The van der Waals surface area contributed by atoms with Gasteiger partial charge in [0.05, 0.1) is 22.5 Å². The molecule has 0 atom stereocenters. The number of hydrogen-bond donors (Lipinski definition) is 1. The molecule has 0 saturated heterocycles. The third kappa shape index (κ3) is 3.19. The number of aliphatic carboxylic acids is 1. The predicted octanol–water partition coefficient (Wildman–Crippen LogP) is 3.14. The lowest BCUT2D eigenvalue weighted by molar-refractivity contribution is -0.136. The lowest BCUT2D eigenvalue weighted by atomic mass is 10.1. The van der Waals surface area contributed by atoms with Crippen molar-refractivity contribution in [3.8, 4) is 5.69 Å². The molecule has 0 amide bonds. The van der Waals surface area contributed by atoms with Crippen LogP contribution in [0.25, 0.3) is 16.6 Å². The molecule has 2 aromatic heterocycles. The van der Waals surface area contributed by atoms with E-state index in [-0.39, 0.29) is 27.1 Å². The monoisotopic (exact) mass is 413 g/mol. The molecule has 9 heteroatoms. The summed E-state index contributed by atoms with van der Waals surface area (Å²) in [5.74, 6) is -1.69. The fourth-order valence-electron chi connectivity index (χ4n) is 3.41. The van der Waals surface area contributed by atoms with Crippen molar-refractivity contribution >= 4 is 26.9 Å². The molecule has 0 fully saturated rings. The molecule has 0 radical (unpaired) electrons. The van der Waals surface area contributed by atoms with Crippen molar-refractivity contribution in [1.82, 2.24) is 13.8 Å². The van der Waals surface area contributed by atoms with Crippen molar-refractivity contribution in [2.24, 2.45) is 0 Å². The van der Waals surface area contributed by atoms with Gasteiger partial charge >= 0.3 is 5.97 Å². The van der Waals surface area contributed by atoms with E-state index in [0.717, 1.165) is 16.1 Å². The second-order valence-electron chi connectivity index (χ2n) is 6.51. The summed E-state index contributed by atoms with van der Waals surface area (Å²) in [5.41, 5.74) is 1.43. The smallest absolute Gasteiger partial charge is 0.307 e. The molecule has 29 heavy (non-hydrogen) atoms. The Morgan fingerprint density at radius 3 is 2.52 bits per heavy atom. The van der Waals surface area contributed by atoms with Gasteiger partial charge < -0.3 is 5.11 Å². The van der Waals surface area contributed by atoms with E-state index in [0.29, 0.717) is 5.69 Å². The van der Waals surface area contributed by atoms with Crippen molar-refractivity contribution in [2.45, 2.75) is 18.2 Å². The minimum Gasteiger partial charge on any atom is -0.481 e. The van der Waals surface area contributed by atoms with Gasteiger partial charge in [-0.2, -0.15) is 5.10 Å². The number of carboxylic acid groups (broad SMARTS) is 1. The molecule has 0 aliphatic rings. The third-order valence-corrected chi connectivity index (χ3v) is 6.53. The van der Waals surface area contributed by atoms with Gasteiger partial charge in [0, 0.05) is 23.5 Å². The number of carbonyl (C=O) groups is 1. The van der Waals surface area contributed by atoms with E-state index in [1.807, 2.05) is 0 Å². The molecule has 7 nitrogen and oxygen atoms in total. The molecule has 0 bridgehead atoms. The van der Waals surface area contributed by atoms with E-state index in [1.165, 1.54) is 25.1 Å². The van der Waals surface area contributed by atoms with Crippen molar-refractivity contribution in [2.75, 3.05) is 0 Å². The molecule has 0 unspecified atom stereocenters. The third-order valence-electron chi connectivity index (χ3n) is 4.72. The number of aromatic nitrogens is 3. The van der Waals surface area contributed by atoms with Crippen LogP contribution in [0.1, 0.15) is 11.3 Å². The normalized spacial score (nSPS) is 11.8. The van der Waals surface area contributed by atoms with Crippen molar-refractivity contribution in [3.63, 3.8) is 0 Å². The van der Waals surface area contributed by atoms with E-state index >= 15 is 0 Å². The maximum absolute atomic E-state index is 13.8. The first kappa shape index (κ1) is 18.9. The average molecular weight is 413 g/mol. The molecule has 0 spiro atoms. The Morgan fingerprint density at radius 1 is 1.17 bits per heavy atom. The van der Waals surface area contributed by atoms with Gasteiger partial charge in [0.15, 0.2) is 0 Å². The Kier molecular flexibility index (Phi) is 4.46. The Morgan fingerprint density at radius 2 is 1.90 bits per heavy atom. The summed E-state index contributed by atoms with van der Waals surface area (Å²) in [7, 11) is -4.04. The highest BCUT2D eigenvalue weighted by molar-refractivity contribution is 7.90. The molecule has 0 aliphatic heterocycles. The molecule has 0 saturated carbocycles.